The zero-order valence-corrected chi connectivity index (χ0v) is 20.3. The van der Waals surface area contributed by atoms with E-state index in [0.717, 1.165) is 50.5 Å². The second-order valence-electron chi connectivity index (χ2n) is 8.35. The molecular formula is C23H23BrN4O3S. The molecule has 1 atom stereocenters. The normalized spacial score (nSPS) is 19.5. The van der Waals surface area contributed by atoms with Crippen LogP contribution in [0.25, 0.3) is 21.8 Å². The molecule has 1 saturated heterocycles. The topological polar surface area (TPSA) is 90.5 Å². The summed E-state index contributed by atoms with van der Waals surface area (Å²) in [5.41, 5.74) is 8.57. The van der Waals surface area contributed by atoms with E-state index in [1.807, 2.05) is 34.2 Å². The van der Waals surface area contributed by atoms with E-state index in [0.29, 0.717) is 25.3 Å². The van der Waals surface area contributed by atoms with Gasteiger partial charge in [-0.3, -0.25) is 9.59 Å². The minimum Gasteiger partial charge on any atom is -0.496 e. The van der Waals surface area contributed by atoms with Gasteiger partial charge in [0.2, 0.25) is 5.91 Å². The van der Waals surface area contributed by atoms with Crippen LogP contribution >= 0.6 is 27.3 Å². The van der Waals surface area contributed by atoms with Gasteiger partial charge in [-0.2, -0.15) is 0 Å². The Bertz CT molecular complexity index is 1240. The SMILES string of the molecule is COc1cc2c(cc1Br)-c1c(-c3cccs3)nc(C(=O)N3CCC[C@]3(C)C(N)=O)n1CC2. The van der Waals surface area contributed by atoms with Crippen LogP contribution in [-0.4, -0.2) is 45.5 Å². The molecule has 0 aliphatic carbocycles. The van der Waals surface area contributed by atoms with E-state index in [-0.39, 0.29) is 5.91 Å². The number of rotatable bonds is 4. The number of methoxy groups -OCH3 is 1. The number of imidazole rings is 1. The summed E-state index contributed by atoms with van der Waals surface area (Å²) < 4.78 is 8.33. The highest BCUT2D eigenvalue weighted by atomic mass is 79.9. The number of primary amides is 1. The van der Waals surface area contributed by atoms with Crippen LogP contribution in [0.3, 0.4) is 0 Å². The zero-order valence-electron chi connectivity index (χ0n) is 17.9. The molecule has 2 aliphatic rings. The number of aromatic nitrogens is 2. The van der Waals surface area contributed by atoms with Gasteiger partial charge in [0, 0.05) is 18.7 Å². The van der Waals surface area contributed by atoms with Gasteiger partial charge < -0.3 is 19.9 Å². The second kappa shape index (κ2) is 7.74. The third-order valence-electron chi connectivity index (χ3n) is 6.57. The Morgan fingerprint density at radius 1 is 1.31 bits per heavy atom. The van der Waals surface area contributed by atoms with Crippen molar-refractivity contribution in [3.05, 3.63) is 45.5 Å². The molecule has 9 heteroatoms. The summed E-state index contributed by atoms with van der Waals surface area (Å²) in [5.74, 6) is 0.410. The van der Waals surface area contributed by atoms with Gasteiger partial charge in [0.1, 0.15) is 17.0 Å². The number of carbonyl (C=O) groups excluding carboxylic acids is 2. The number of amides is 2. The van der Waals surface area contributed by atoms with Crippen LogP contribution in [0.1, 0.15) is 35.9 Å². The summed E-state index contributed by atoms with van der Waals surface area (Å²) in [6.07, 6.45) is 2.06. The molecule has 7 nitrogen and oxygen atoms in total. The number of fused-ring (bicyclic) bond motifs is 3. The number of nitrogens with zero attached hydrogens (tertiary/aromatic N) is 3. The van der Waals surface area contributed by atoms with Gasteiger partial charge in [-0.05, 0) is 71.3 Å². The number of likely N-dealkylation sites (tertiary alicyclic amines) is 1. The average molecular weight is 515 g/mol. The summed E-state index contributed by atoms with van der Waals surface area (Å²) in [5, 5.41) is 2.00. The molecule has 2 N–H and O–H groups in total. The summed E-state index contributed by atoms with van der Waals surface area (Å²) in [4.78, 5) is 33.4. The molecule has 3 aromatic rings. The highest BCUT2D eigenvalue weighted by molar-refractivity contribution is 9.10. The van der Waals surface area contributed by atoms with Crippen molar-refractivity contribution >= 4 is 39.1 Å². The minimum absolute atomic E-state index is 0.246. The third kappa shape index (κ3) is 3.09. The van der Waals surface area contributed by atoms with Crippen molar-refractivity contribution < 1.29 is 14.3 Å². The molecule has 0 unspecified atom stereocenters. The average Bonchev–Trinajstić information content (AvgIpc) is 3.51. The van der Waals surface area contributed by atoms with Crippen molar-refractivity contribution in [3.63, 3.8) is 0 Å². The van der Waals surface area contributed by atoms with E-state index in [9.17, 15) is 9.59 Å². The molecule has 2 aromatic heterocycles. The number of thiophene rings is 1. The monoisotopic (exact) mass is 514 g/mol. The lowest BCUT2D eigenvalue weighted by molar-refractivity contribution is -0.126. The molecule has 1 fully saturated rings. The fraction of sp³-hybridized carbons (Fsp3) is 0.348. The van der Waals surface area contributed by atoms with E-state index in [2.05, 4.69) is 15.9 Å². The molecule has 1 aromatic carbocycles. The largest absolute Gasteiger partial charge is 0.496 e. The first kappa shape index (κ1) is 21.2. The maximum atomic E-state index is 13.7. The molecule has 0 saturated carbocycles. The zero-order chi connectivity index (χ0) is 22.6. The third-order valence-corrected chi connectivity index (χ3v) is 8.06. The smallest absolute Gasteiger partial charge is 0.290 e. The first-order valence-electron chi connectivity index (χ1n) is 10.5. The Morgan fingerprint density at radius 3 is 2.81 bits per heavy atom. The molecule has 0 bridgehead atoms. The first-order chi connectivity index (χ1) is 15.3. The van der Waals surface area contributed by atoms with E-state index < -0.39 is 11.4 Å². The predicted octanol–water partition coefficient (Wildman–Crippen LogP) is 4.09. The van der Waals surface area contributed by atoms with Crippen LogP contribution in [0, 0.1) is 0 Å². The lowest BCUT2D eigenvalue weighted by atomic mass is 9.96. The Balaban J connectivity index is 1.70. The van der Waals surface area contributed by atoms with Crippen LogP contribution < -0.4 is 10.5 Å². The van der Waals surface area contributed by atoms with Crippen LogP contribution in [0.15, 0.2) is 34.1 Å². The van der Waals surface area contributed by atoms with Gasteiger partial charge in [0.15, 0.2) is 5.82 Å². The molecule has 0 radical (unpaired) electrons. The Labute approximate surface area is 198 Å². The fourth-order valence-electron chi connectivity index (χ4n) is 4.77. The molecular weight excluding hydrogens is 492 g/mol. The molecule has 5 rings (SSSR count). The first-order valence-corrected chi connectivity index (χ1v) is 12.2. The number of aryl methyl sites for hydroxylation is 1. The maximum Gasteiger partial charge on any atom is 0.290 e. The van der Waals surface area contributed by atoms with Gasteiger partial charge in [-0.15, -0.1) is 11.3 Å². The quantitative estimate of drug-likeness (QED) is 0.567. The molecule has 166 valence electrons. The Kier molecular flexibility index (Phi) is 5.13. The van der Waals surface area contributed by atoms with Crippen molar-refractivity contribution in [2.24, 2.45) is 5.73 Å². The summed E-state index contributed by atoms with van der Waals surface area (Å²) in [6, 6.07) is 8.07. The van der Waals surface area contributed by atoms with Gasteiger partial charge in [0.05, 0.1) is 22.2 Å². The van der Waals surface area contributed by atoms with Crippen molar-refractivity contribution in [1.29, 1.82) is 0 Å². The number of ether oxygens (including phenoxy) is 1. The van der Waals surface area contributed by atoms with Crippen LogP contribution in [0.5, 0.6) is 5.75 Å². The van der Waals surface area contributed by atoms with Gasteiger partial charge in [0.25, 0.3) is 5.91 Å². The number of benzene rings is 1. The van der Waals surface area contributed by atoms with E-state index >= 15 is 0 Å². The molecule has 4 heterocycles. The number of hydrogen-bond donors (Lipinski definition) is 1. The number of nitrogens with two attached hydrogens (primary N) is 1. The van der Waals surface area contributed by atoms with E-state index in [4.69, 9.17) is 15.5 Å². The van der Waals surface area contributed by atoms with Crippen LogP contribution in [0.2, 0.25) is 0 Å². The molecule has 2 amide bonds. The maximum absolute atomic E-state index is 13.7. The lowest BCUT2D eigenvalue weighted by Crippen LogP contribution is -2.54. The van der Waals surface area contributed by atoms with Crippen LogP contribution in [0.4, 0.5) is 0 Å². The van der Waals surface area contributed by atoms with Gasteiger partial charge in [-0.25, -0.2) is 4.98 Å². The summed E-state index contributed by atoms with van der Waals surface area (Å²) in [7, 11) is 1.65. The second-order valence-corrected chi connectivity index (χ2v) is 10.2. The minimum atomic E-state index is -0.991. The number of carbonyl (C=O) groups is 2. The van der Waals surface area contributed by atoms with Gasteiger partial charge >= 0.3 is 0 Å². The lowest BCUT2D eigenvalue weighted by Gasteiger charge is -2.32. The molecule has 32 heavy (non-hydrogen) atoms. The van der Waals surface area contributed by atoms with Gasteiger partial charge in [-0.1, -0.05) is 6.07 Å². The van der Waals surface area contributed by atoms with Crippen LogP contribution in [-0.2, 0) is 17.8 Å². The van der Waals surface area contributed by atoms with Crippen molar-refractivity contribution in [3.8, 4) is 27.6 Å². The summed E-state index contributed by atoms with van der Waals surface area (Å²) in [6.45, 7) is 2.86. The van der Waals surface area contributed by atoms with Crippen molar-refractivity contribution in [1.82, 2.24) is 14.5 Å². The number of hydrogen-bond acceptors (Lipinski definition) is 5. The molecule has 2 aliphatic heterocycles. The Morgan fingerprint density at radius 2 is 2.12 bits per heavy atom. The fourth-order valence-corrected chi connectivity index (χ4v) is 5.99. The standard InChI is InChI=1S/C23H23BrN4O3S/c1-23(22(25)30)7-4-8-28(23)21(29)20-26-18(17-5-3-10-32-17)19-14-12-15(24)16(31-2)11-13(14)6-9-27(19)20/h3,5,10-12H,4,6-9H2,1-2H3,(H2,25,30)/t23-/m1/s1. The number of halogens is 1. The Hall–Kier alpha value is -2.65. The van der Waals surface area contributed by atoms with E-state index in [1.165, 1.54) is 0 Å². The molecule has 0 spiro atoms. The van der Waals surface area contributed by atoms with E-state index in [1.54, 1.807) is 30.3 Å². The predicted molar refractivity (Wildman–Crippen MR) is 127 cm³/mol. The highest BCUT2D eigenvalue weighted by Gasteiger charge is 2.46. The van der Waals surface area contributed by atoms with Crippen molar-refractivity contribution in [2.45, 2.75) is 38.3 Å². The van der Waals surface area contributed by atoms with Crippen molar-refractivity contribution in [2.75, 3.05) is 13.7 Å². The summed E-state index contributed by atoms with van der Waals surface area (Å²) >= 11 is 5.19. The highest BCUT2D eigenvalue weighted by Crippen LogP contribution is 2.43.